The van der Waals surface area contributed by atoms with E-state index in [4.69, 9.17) is 0 Å². The van der Waals surface area contributed by atoms with Crippen LogP contribution in [0.15, 0.2) is 0 Å². The normalized spacial score (nSPS) is 30.9. The second kappa shape index (κ2) is 7.41. The van der Waals surface area contributed by atoms with Crippen molar-refractivity contribution in [3.8, 4) is 0 Å². The van der Waals surface area contributed by atoms with E-state index in [0.29, 0.717) is 18.0 Å². The molecule has 0 aromatic carbocycles. The van der Waals surface area contributed by atoms with Crippen molar-refractivity contribution in [2.75, 3.05) is 20.1 Å². The Labute approximate surface area is 123 Å². The Morgan fingerprint density at radius 3 is 2.50 bits per heavy atom. The van der Waals surface area contributed by atoms with Crippen molar-refractivity contribution in [2.24, 2.45) is 5.92 Å². The van der Waals surface area contributed by atoms with E-state index in [1.807, 2.05) is 7.05 Å². The van der Waals surface area contributed by atoms with Gasteiger partial charge in [0, 0.05) is 25.2 Å². The van der Waals surface area contributed by atoms with E-state index >= 15 is 0 Å². The Balaban J connectivity index is 1.81. The molecule has 3 unspecified atom stereocenters. The summed E-state index contributed by atoms with van der Waals surface area (Å²) in [5.74, 6) is 0.839. The van der Waals surface area contributed by atoms with E-state index in [1.165, 1.54) is 19.3 Å². The molecule has 1 aliphatic carbocycles. The van der Waals surface area contributed by atoms with Gasteiger partial charge in [-0.05, 0) is 39.2 Å². The molecule has 0 spiro atoms. The molecule has 20 heavy (non-hydrogen) atoms. The van der Waals surface area contributed by atoms with Crippen LogP contribution in [0.5, 0.6) is 0 Å². The molecule has 1 saturated heterocycles. The molecule has 1 aliphatic heterocycles. The zero-order chi connectivity index (χ0) is 14.5. The number of rotatable bonds is 4. The summed E-state index contributed by atoms with van der Waals surface area (Å²) < 4.78 is 0. The van der Waals surface area contributed by atoms with E-state index in [-0.39, 0.29) is 11.9 Å². The van der Waals surface area contributed by atoms with E-state index in [2.05, 4.69) is 29.4 Å². The summed E-state index contributed by atoms with van der Waals surface area (Å²) in [6.45, 7) is 6.38. The van der Waals surface area contributed by atoms with Crippen LogP contribution in [0.1, 0.15) is 52.4 Å². The maximum Gasteiger partial charge on any atom is 0.237 e. The SMILES string of the molecule is CNC1CCN(C(C)C(=O)NC2CCCCC2)CC1C. The average molecular weight is 281 g/mol. The number of likely N-dealkylation sites (tertiary alicyclic amines) is 1. The highest BCUT2D eigenvalue weighted by molar-refractivity contribution is 5.81. The largest absolute Gasteiger partial charge is 0.352 e. The zero-order valence-electron chi connectivity index (χ0n) is 13.3. The third-order valence-electron chi connectivity index (χ3n) is 5.19. The number of nitrogens with one attached hydrogen (secondary N) is 2. The average Bonchev–Trinajstić information content (AvgIpc) is 2.47. The molecule has 116 valence electrons. The van der Waals surface area contributed by atoms with Gasteiger partial charge >= 0.3 is 0 Å². The van der Waals surface area contributed by atoms with Gasteiger partial charge in [0.2, 0.25) is 5.91 Å². The van der Waals surface area contributed by atoms with Crippen LogP contribution in [-0.4, -0.2) is 49.1 Å². The molecule has 2 fully saturated rings. The molecule has 0 aromatic heterocycles. The molecule has 4 heteroatoms. The second-order valence-electron chi connectivity index (χ2n) is 6.68. The fourth-order valence-corrected chi connectivity index (χ4v) is 3.69. The lowest BCUT2D eigenvalue weighted by Gasteiger charge is -2.39. The van der Waals surface area contributed by atoms with Crippen molar-refractivity contribution in [3.63, 3.8) is 0 Å². The highest BCUT2D eigenvalue weighted by Crippen LogP contribution is 2.20. The van der Waals surface area contributed by atoms with Crippen LogP contribution in [0.2, 0.25) is 0 Å². The fraction of sp³-hybridized carbons (Fsp3) is 0.938. The van der Waals surface area contributed by atoms with Crippen LogP contribution in [-0.2, 0) is 4.79 Å². The van der Waals surface area contributed by atoms with Crippen molar-refractivity contribution in [1.29, 1.82) is 0 Å². The molecule has 1 amide bonds. The number of hydrogen-bond donors (Lipinski definition) is 2. The van der Waals surface area contributed by atoms with Gasteiger partial charge in [0.25, 0.3) is 0 Å². The van der Waals surface area contributed by atoms with Crippen LogP contribution in [0.4, 0.5) is 0 Å². The number of hydrogen-bond acceptors (Lipinski definition) is 3. The van der Waals surface area contributed by atoms with Gasteiger partial charge in [0.05, 0.1) is 6.04 Å². The standard InChI is InChI=1S/C16H31N3O/c1-12-11-19(10-9-15(12)17-3)13(2)16(20)18-14-7-5-4-6-8-14/h12-15,17H,4-11H2,1-3H3,(H,18,20). The molecular formula is C16H31N3O. The maximum atomic E-state index is 12.4. The highest BCUT2D eigenvalue weighted by Gasteiger charge is 2.31. The van der Waals surface area contributed by atoms with Crippen LogP contribution < -0.4 is 10.6 Å². The first kappa shape index (κ1) is 15.8. The van der Waals surface area contributed by atoms with Crippen molar-refractivity contribution in [3.05, 3.63) is 0 Å². The summed E-state index contributed by atoms with van der Waals surface area (Å²) in [4.78, 5) is 14.7. The van der Waals surface area contributed by atoms with Gasteiger partial charge in [-0.25, -0.2) is 0 Å². The quantitative estimate of drug-likeness (QED) is 0.825. The number of piperidine rings is 1. The predicted molar refractivity (Wildman–Crippen MR) is 82.7 cm³/mol. The number of amides is 1. The van der Waals surface area contributed by atoms with Gasteiger partial charge < -0.3 is 10.6 Å². The van der Waals surface area contributed by atoms with Gasteiger partial charge in [0.15, 0.2) is 0 Å². The lowest BCUT2D eigenvalue weighted by molar-refractivity contribution is -0.127. The van der Waals surface area contributed by atoms with E-state index < -0.39 is 0 Å². The molecule has 0 bridgehead atoms. The van der Waals surface area contributed by atoms with Gasteiger partial charge in [-0.2, -0.15) is 0 Å². The fourth-order valence-electron chi connectivity index (χ4n) is 3.69. The Hall–Kier alpha value is -0.610. The molecule has 0 radical (unpaired) electrons. The van der Waals surface area contributed by atoms with Gasteiger partial charge in [-0.3, -0.25) is 9.69 Å². The number of nitrogens with zero attached hydrogens (tertiary/aromatic N) is 1. The summed E-state index contributed by atoms with van der Waals surface area (Å²) in [5, 5.41) is 6.64. The van der Waals surface area contributed by atoms with Crippen molar-refractivity contribution >= 4 is 5.91 Å². The van der Waals surface area contributed by atoms with Crippen molar-refractivity contribution < 1.29 is 4.79 Å². The third-order valence-corrected chi connectivity index (χ3v) is 5.19. The summed E-state index contributed by atoms with van der Waals surface area (Å²) in [6.07, 6.45) is 7.33. The third kappa shape index (κ3) is 3.95. The predicted octanol–water partition coefficient (Wildman–Crippen LogP) is 1.75. The molecule has 2 aliphatic rings. The first-order chi connectivity index (χ1) is 9.61. The summed E-state index contributed by atoms with van der Waals surface area (Å²) in [5.41, 5.74) is 0. The number of carbonyl (C=O) groups is 1. The molecule has 0 aromatic rings. The van der Waals surface area contributed by atoms with E-state index in [1.54, 1.807) is 0 Å². The van der Waals surface area contributed by atoms with E-state index in [9.17, 15) is 4.79 Å². The maximum absolute atomic E-state index is 12.4. The van der Waals surface area contributed by atoms with Crippen LogP contribution in [0, 0.1) is 5.92 Å². The van der Waals surface area contributed by atoms with Crippen LogP contribution in [0.3, 0.4) is 0 Å². The van der Waals surface area contributed by atoms with Crippen LogP contribution >= 0.6 is 0 Å². The first-order valence-electron chi connectivity index (χ1n) is 8.33. The molecule has 1 saturated carbocycles. The minimum absolute atomic E-state index is 0.0113. The monoisotopic (exact) mass is 281 g/mol. The topological polar surface area (TPSA) is 44.4 Å². The van der Waals surface area contributed by atoms with Crippen LogP contribution in [0.25, 0.3) is 0 Å². The smallest absolute Gasteiger partial charge is 0.237 e. The van der Waals surface area contributed by atoms with E-state index in [0.717, 1.165) is 32.4 Å². The molecule has 2 N–H and O–H groups in total. The zero-order valence-corrected chi connectivity index (χ0v) is 13.3. The summed E-state index contributed by atoms with van der Waals surface area (Å²) in [6, 6.07) is 1.03. The lowest BCUT2D eigenvalue weighted by Crippen LogP contribution is -2.55. The Morgan fingerprint density at radius 1 is 1.20 bits per heavy atom. The molecule has 1 heterocycles. The molecular weight excluding hydrogens is 250 g/mol. The van der Waals surface area contributed by atoms with Crippen molar-refractivity contribution in [2.45, 2.75) is 70.5 Å². The number of carbonyl (C=O) groups excluding carboxylic acids is 1. The minimum Gasteiger partial charge on any atom is -0.352 e. The van der Waals surface area contributed by atoms with Gasteiger partial charge in [-0.15, -0.1) is 0 Å². The van der Waals surface area contributed by atoms with Gasteiger partial charge in [0.1, 0.15) is 0 Å². The molecule has 4 nitrogen and oxygen atoms in total. The minimum atomic E-state index is 0.0113. The molecule has 3 atom stereocenters. The lowest BCUT2D eigenvalue weighted by atomic mass is 9.92. The Morgan fingerprint density at radius 2 is 1.90 bits per heavy atom. The Kier molecular flexibility index (Phi) is 5.85. The highest BCUT2D eigenvalue weighted by atomic mass is 16.2. The summed E-state index contributed by atoms with van der Waals surface area (Å²) >= 11 is 0. The molecule has 2 rings (SSSR count). The Bertz CT molecular complexity index is 315. The van der Waals surface area contributed by atoms with Crippen molar-refractivity contribution in [1.82, 2.24) is 15.5 Å². The second-order valence-corrected chi connectivity index (χ2v) is 6.68. The van der Waals surface area contributed by atoms with Gasteiger partial charge in [-0.1, -0.05) is 26.2 Å². The first-order valence-corrected chi connectivity index (χ1v) is 8.33. The summed E-state index contributed by atoms with van der Waals surface area (Å²) in [7, 11) is 2.04.